The van der Waals surface area contributed by atoms with E-state index in [0.717, 1.165) is 25.1 Å². The smallest absolute Gasteiger partial charge is 0.354 e. The zero-order valence-corrected chi connectivity index (χ0v) is 9.09. The molecule has 0 saturated heterocycles. The standard InChI is InChI=1S/C10H13F3N4/c11-10(12,13)7-1-4-15-8(17-7)16-6-9(5-14)2-3-9/h1,4H,2-3,5-6,14H2,(H,15,16,17). The van der Waals surface area contributed by atoms with E-state index in [9.17, 15) is 13.2 Å². The summed E-state index contributed by atoms with van der Waals surface area (Å²) in [5, 5.41) is 2.81. The van der Waals surface area contributed by atoms with Gasteiger partial charge in [-0.3, -0.25) is 0 Å². The molecular weight excluding hydrogens is 233 g/mol. The number of hydrogen-bond acceptors (Lipinski definition) is 4. The Balaban J connectivity index is 2.02. The minimum atomic E-state index is -4.44. The maximum absolute atomic E-state index is 12.4. The zero-order chi connectivity index (χ0) is 12.5. The number of nitrogens with one attached hydrogen (secondary N) is 1. The first kappa shape index (κ1) is 12.1. The fourth-order valence-electron chi connectivity index (χ4n) is 1.50. The Kier molecular flexibility index (Phi) is 2.94. The Bertz CT molecular complexity index is 401. The maximum atomic E-state index is 12.4. The predicted molar refractivity (Wildman–Crippen MR) is 56.2 cm³/mol. The molecule has 4 nitrogen and oxygen atoms in total. The van der Waals surface area contributed by atoms with Crippen LogP contribution in [0, 0.1) is 5.41 Å². The molecule has 0 aromatic carbocycles. The van der Waals surface area contributed by atoms with Crippen molar-refractivity contribution in [3.63, 3.8) is 0 Å². The SMILES string of the molecule is NCC1(CNc2nccc(C(F)(F)F)n2)CC1. The van der Waals surface area contributed by atoms with E-state index >= 15 is 0 Å². The Morgan fingerprint density at radius 3 is 2.65 bits per heavy atom. The highest BCUT2D eigenvalue weighted by atomic mass is 19.4. The first-order valence-corrected chi connectivity index (χ1v) is 5.29. The monoisotopic (exact) mass is 246 g/mol. The second-order valence-corrected chi connectivity index (χ2v) is 4.32. The Labute approximate surface area is 96.4 Å². The van der Waals surface area contributed by atoms with Crippen LogP contribution in [0.1, 0.15) is 18.5 Å². The van der Waals surface area contributed by atoms with Crippen molar-refractivity contribution in [3.8, 4) is 0 Å². The van der Waals surface area contributed by atoms with Crippen LogP contribution in [-0.4, -0.2) is 23.1 Å². The molecule has 1 fully saturated rings. The highest BCUT2D eigenvalue weighted by Crippen LogP contribution is 2.44. The average molecular weight is 246 g/mol. The molecule has 94 valence electrons. The molecule has 0 unspecified atom stereocenters. The minimum absolute atomic E-state index is 0.000417. The van der Waals surface area contributed by atoms with E-state index in [1.54, 1.807) is 0 Å². The topological polar surface area (TPSA) is 63.8 Å². The summed E-state index contributed by atoms with van der Waals surface area (Å²) in [6.07, 6.45) is -1.35. The number of anilines is 1. The molecule has 1 aromatic heterocycles. The van der Waals surface area contributed by atoms with Gasteiger partial charge in [-0.2, -0.15) is 13.2 Å². The van der Waals surface area contributed by atoms with Crippen LogP contribution < -0.4 is 11.1 Å². The van der Waals surface area contributed by atoms with E-state index < -0.39 is 11.9 Å². The first-order valence-electron chi connectivity index (χ1n) is 5.29. The van der Waals surface area contributed by atoms with Gasteiger partial charge in [0.05, 0.1) is 0 Å². The van der Waals surface area contributed by atoms with Gasteiger partial charge in [0, 0.05) is 12.7 Å². The number of aromatic nitrogens is 2. The Hall–Kier alpha value is -1.37. The molecule has 0 amide bonds. The van der Waals surface area contributed by atoms with Crippen molar-refractivity contribution in [1.29, 1.82) is 0 Å². The molecule has 1 aromatic rings. The molecule has 1 aliphatic carbocycles. The van der Waals surface area contributed by atoms with Crippen LogP contribution in [0.15, 0.2) is 12.3 Å². The van der Waals surface area contributed by atoms with Gasteiger partial charge in [0.2, 0.25) is 5.95 Å². The quantitative estimate of drug-likeness (QED) is 0.847. The second kappa shape index (κ2) is 4.14. The molecule has 2 rings (SSSR count). The van der Waals surface area contributed by atoms with Gasteiger partial charge in [0.25, 0.3) is 0 Å². The van der Waals surface area contributed by atoms with Gasteiger partial charge >= 0.3 is 6.18 Å². The van der Waals surface area contributed by atoms with Crippen molar-refractivity contribution < 1.29 is 13.2 Å². The molecule has 3 N–H and O–H groups in total. The minimum Gasteiger partial charge on any atom is -0.354 e. The van der Waals surface area contributed by atoms with Gasteiger partial charge in [-0.25, -0.2) is 9.97 Å². The van der Waals surface area contributed by atoms with E-state index in [1.165, 1.54) is 0 Å². The van der Waals surface area contributed by atoms with Gasteiger partial charge in [0.15, 0.2) is 0 Å². The van der Waals surface area contributed by atoms with Crippen LogP contribution >= 0.6 is 0 Å². The molecule has 0 aliphatic heterocycles. The van der Waals surface area contributed by atoms with Crippen LogP contribution in [0.5, 0.6) is 0 Å². The zero-order valence-electron chi connectivity index (χ0n) is 9.09. The average Bonchev–Trinajstić information content (AvgIpc) is 3.06. The number of halogens is 3. The number of hydrogen-bond donors (Lipinski definition) is 2. The van der Waals surface area contributed by atoms with Crippen LogP contribution in [0.4, 0.5) is 19.1 Å². The third-order valence-corrected chi connectivity index (χ3v) is 2.96. The lowest BCUT2D eigenvalue weighted by Gasteiger charge is -2.13. The highest BCUT2D eigenvalue weighted by molar-refractivity contribution is 5.27. The molecule has 1 heterocycles. The van der Waals surface area contributed by atoms with E-state index in [0.29, 0.717) is 13.1 Å². The summed E-state index contributed by atoms with van der Waals surface area (Å²) in [6, 6.07) is 0.848. The molecule has 0 spiro atoms. The number of rotatable bonds is 4. The number of nitrogens with zero attached hydrogens (tertiary/aromatic N) is 2. The molecule has 0 bridgehead atoms. The fraction of sp³-hybridized carbons (Fsp3) is 0.600. The van der Waals surface area contributed by atoms with Crippen molar-refractivity contribution in [1.82, 2.24) is 9.97 Å². The largest absolute Gasteiger partial charge is 0.433 e. The summed E-state index contributed by atoms with van der Waals surface area (Å²) < 4.78 is 37.1. The summed E-state index contributed by atoms with van der Waals surface area (Å²) in [7, 11) is 0. The summed E-state index contributed by atoms with van der Waals surface area (Å²) >= 11 is 0. The van der Waals surface area contributed by atoms with Crippen molar-refractivity contribution in [3.05, 3.63) is 18.0 Å². The summed E-state index contributed by atoms with van der Waals surface area (Å²) in [4.78, 5) is 7.18. The van der Waals surface area contributed by atoms with E-state index in [4.69, 9.17) is 5.73 Å². The van der Waals surface area contributed by atoms with Gasteiger partial charge in [0.1, 0.15) is 5.69 Å². The third kappa shape index (κ3) is 2.85. The van der Waals surface area contributed by atoms with Crippen molar-refractivity contribution in [2.45, 2.75) is 19.0 Å². The molecule has 1 saturated carbocycles. The number of alkyl halides is 3. The van der Waals surface area contributed by atoms with Crippen molar-refractivity contribution >= 4 is 5.95 Å². The predicted octanol–water partition coefficient (Wildman–Crippen LogP) is 1.65. The lowest BCUT2D eigenvalue weighted by Crippen LogP contribution is -2.25. The van der Waals surface area contributed by atoms with Crippen molar-refractivity contribution in [2.24, 2.45) is 11.1 Å². The molecule has 7 heteroatoms. The van der Waals surface area contributed by atoms with Crippen molar-refractivity contribution in [2.75, 3.05) is 18.4 Å². The lowest BCUT2D eigenvalue weighted by atomic mass is 10.1. The van der Waals surface area contributed by atoms with Crippen LogP contribution in [-0.2, 0) is 6.18 Å². The normalized spacial score (nSPS) is 17.9. The summed E-state index contributed by atoms with van der Waals surface area (Å²) in [5.74, 6) is -0.000417. The van der Waals surface area contributed by atoms with Gasteiger partial charge in [-0.1, -0.05) is 0 Å². The van der Waals surface area contributed by atoms with Gasteiger partial charge < -0.3 is 11.1 Å². The molecule has 0 atom stereocenters. The highest BCUT2D eigenvalue weighted by Gasteiger charge is 2.41. The second-order valence-electron chi connectivity index (χ2n) is 4.32. The van der Waals surface area contributed by atoms with Crippen LogP contribution in [0.2, 0.25) is 0 Å². The molecule has 1 aliphatic rings. The van der Waals surface area contributed by atoms with Crippen LogP contribution in [0.3, 0.4) is 0 Å². The molecule has 17 heavy (non-hydrogen) atoms. The van der Waals surface area contributed by atoms with Crippen LogP contribution in [0.25, 0.3) is 0 Å². The van der Waals surface area contributed by atoms with E-state index in [1.807, 2.05) is 0 Å². The summed E-state index contributed by atoms with van der Waals surface area (Å²) in [5.41, 5.74) is 4.66. The molecule has 0 radical (unpaired) electrons. The number of nitrogens with two attached hydrogens (primary N) is 1. The third-order valence-electron chi connectivity index (χ3n) is 2.96. The summed E-state index contributed by atoms with van der Waals surface area (Å²) in [6.45, 7) is 1.05. The van der Waals surface area contributed by atoms with Gasteiger partial charge in [-0.15, -0.1) is 0 Å². The Morgan fingerprint density at radius 2 is 2.12 bits per heavy atom. The van der Waals surface area contributed by atoms with E-state index in [-0.39, 0.29) is 11.4 Å². The molecular formula is C10H13F3N4. The first-order chi connectivity index (χ1) is 7.95. The maximum Gasteiger partial charge on any atom is 0.433 e. The lowest BCUT2D eigenvalue weighted by molar-refractivity contribution is -0.141. The van der Waals surface area contributed by atoms with E-state index in [2.05, 4.69) is 15.3 Å². The van der Waals surface area contributed by atoms with Gasteiger partial charge in [-0.05, 0) is 30.9 Å². The fourth-order valence-corrected chi connectivity index (χ4v) is 1.50. The Morgan fingerprint density at radius 1 is 1.41 bits per heavy atom.